The van der Waals surface area contributed by atoms with Crippen molar-refractivity contribution in [2.24, 2.45) is 0 Å². The third-order valence-electron chi connectivity index (χ3n) is 2.06. The number of aliphatic hydroxyl groups is 1. The van der Waals surface area contributed by atoms with Crippen LogP contribution in [0.3, 0.4) is 0 Å². The second-order valence-corrected chi connectivity index (χ2v) is 3.18. The zero-order valence-electron chi connectivity index (χ0n) is 7.88. The fourth-order valence-electron chi connectivity index (χ4n) is 1.03. The highest BCUT2D eigenvalue weighted by Crippen LogP contribution is 2.23. The molecular formula is C9H9NO5. The zero-order chi connectivity index (χ0) is 11.6. The van der Waals surface area contributed by atoms with Gasteiger partial charge in [0, 0.05) is 12.1 Å². The zero-order valence-corrected chi connectivity index (χ0v) is 7.88. The van der Waals surface area contributed by atoms with Crippen molar-refractivity contribution in [1.82, 2.24) is 0 Å². The Kier molecular flexibility index (Phi) is 2.71. The summed E-state index contributed by atoms with van der Waals surface area (Å²) in [6.45, 7) is 1.11. The first-order chi connectivity index (χ1) is 6.85. The van der Waals surface area contributed by atoms with Gasteiger partial charge in [0.1, 0.15) is 0 Å². The summed E-state index contributed by atoms with van der Waals surface area (Å²) in [6.07, 6.45) is 0. The average Bonchev–Trinajstić information content (AvgIpc) is 2.17. The van der Waals surface area contributed by atoms with Crippen LogP contribution in [-0.4, -0.2) is 21.1 Å². The van der Waals surface area contributed by atoms with E-state index in [0.29, 0.717) is 0 Å². The van der Waals surface area contributed by atoms with Crippen LogP contribution in [0.25, 0.3) is 0 Å². The summed E-state index contributed by atoms with van der Waals surface area (Å²) < 4.78 is 0. The largest absolute Gasteiger partial charge is 0.479 e. The van der Waals surface area contributed by atoms with Crippen LogP contribution >= 0.6 is 0 Å². The first-order valence-corrected chi connectivity index (χ1v) is 4.06. The molecule has 0 saturated carbocycles. The molecule has 0 amide bonds. The molecular weight excluding hydrogens is 202 g/mol. The van der Waals surface area contributed by atoms with Crippen molar-refractivity contribution in [1.29, 1.82) is 0 Å². The van der Waals surface area contributed by atoms with Crippen molar-refractivity contribution >= 4 is 11.7 Å². The Balaban J connectivity index is 3.09. The van der Waals surface area contributed by atoms with Crippen LogP contribution in [0.5, 0.6) is 0 Å². The van der Waals surface area contributed by atoms with Gasteiger partial charge in [-0.3, -0.25) is 10.1 Å². The van der Waals surface area contributed by atoms with E-state index in [1.54, 1.807) is 0 Å². The third-order valence-corrected chi connectivity index (χ3v) is 2.06. The Labute approximate surface area is 84.9 Å². The normalized spacial score (nSPS) is 14.3. The first-order valence-electron chi connectivity index (χ1n) is 4.06. The highest BCUT2D eigenvalue weighted by molar-refractivity contribution is 5.78. The van der Waals surface area contributed by atoms with Gasteiger partial charge in [0.25, 0.3) is 5.69 Å². The minimum Gasteiger partial charge on any atom is -0.479 e. The molecule has 1 atom stereocenters. The second kappa shape index (κ2) is 3.66. The number of rotatable bonds is 3. The Morgan fingerprint density at radius 1 is 1.40 bits per heavy atom. The van der Waals surface area contributed by atoms with E-state index >= 15 is 0 Å². The Morgan fingerprint density at radius 3 is 2.20 bits per heavy atom. The van der Waals surface area contributed by atoms with Gasteiger partial charge >= 0.3 is 5.97 Å². The van der Waals surface area contributed by atoms with Gasteiger partial charge in [-0.05, 0) is 24.6 Å². The summed E-state index contributed by atoms with van der Waals surface area (Å²) in [6, 6.07) is 4.72. The summed E-state index contributed by atoms with van der Waals surface area (Å²) in [4.78, 5) is 20.4. The lowest BCUT2D eigenvalue weighted by Crippen LogP contribution is -2.31. The molecule has 1 rings (SSSR count). The lowest BCUT2D eigenvalue weighted by molar-refractivity contribution is -0.384. The van der Waals surface area contributed by atoms with Crippen LogP contribution in [0.1, 0.15) is 12.5 Å². The molecule has 6 heteroatoms. The predicted molar refractivity (Wildman–Crippen MR) is 50.3 cm³/mol. The monoisotopic (exact) mass is 211 g/mol. The summed E-state index contributed by atoms with van der Waals surface area (Å²) >= 11 is 0. The Hall–Kier alpha value is -1.95. The van der Waals surface area contributed by atoms with E-state index in [9.17, 15) is 20.0 Å². The van der Waals surface area contributed by atoms with Crippen molar-refractivity contribution in [2.75, 3.05) is 0 Å². The highest BCUT2D eigenvalue weighted by atomic mass is 16.6. The quantitative estimate of drug-likeness (QED) is 0.571. The lowest BCUT2D eigenvalue weighted by atomic mass is 9.96. The molecule has 0 saturated heterocycles. The van der Waals surface area contributed by atoms with Crippen molar-refractivity contribution < 1.29 is 19.9 Å². The molecule has 0 radical (unpaired) electrons. The molecule has 1 aromatic rings. The van der Waals surface area contributed by atoms with E-state index in [-0.39, 0.29) is 11.3 Å². The maximum atomic E-state index is 10.7. The van der Waals surface area contributed by atoms with E-state index in [2.05, 4.69) is 0 Å². The molecule has 15 heavy (non-hydrogen) atoms. The van der Waals surface area contributed by atoms with Crippen molar-refractivity contribution in [3.63, 3.8) is 0 Å². The van der Waals surface area contributed by atoms with Crippen LogP contribution < -0.4 is 0 Å². The number of hydrogen-bond acceptors (Lipinski definition) is 4. The minimum absolute atomic E-state index is 0.0978. The Bertz CT molecular complexity index is 395. The smallest absolute Gasteiger partial charge is 0.340 e. The van der Waals surface area contributed by atoms with Gasteiger partial charge in [0.15, 0.2) is 5.60 Å². The molecule has 0 bridgehead atoms. The minimum atomic E-state index is -2.03. The van der Waals surface area contributed by atoms with Gasteiger partial charge < -0.3 is 10.2 Å². The maximum Gasteiger partial charge on any atom is 0.340 e. The topological polar surface area (TPSA) is 101 Å². The van der Waals surface area contributed by atoms with Crippen LogP contribution in [0.15, 0.2) is 24.3 Å². The molecule has 1 unspecified atom stereocenters. The van der Waals surface area contributed by atoms with E-state index in [1.165, 1.54) is 12.1 Å². The molecule has 0 spiro atoms. The number of benzene rings is 1. The predicted octanol–water partition coefficient (Wildman–Crippen LogP) is 0.887. The number of non-ortho nitro benzene ring substituents is 1. The molecule has 0 fully saturated rings. The number of nitro benzene ring substituents is 1. The van der Waals surface area contributed by atoms with Crippen LogP contribution in [0, 0.1) is 10.1 Å². The SMILES string of the molecule is CC(O)(C(=O)O)c1ccc([N+](=O)[O-])cc1. The van der Waals surface area contributed by atoms with E-state index < -0.39 is 16.5 Å². The van der Waals surface area contributed by atoms with Gasteiger partial charge in [-0.25, -0.2) is 4.79 Å². The number of nitrogens with zero attached hydrogens (tertiary/aromatic N) is 1. The molecule has 0 aliphatic heterocycles. The molecule has 6 nitrogen and oxygen atoms in total. The number of aliphatic carboxylic acids is 1. The lowest BCUT2D eigenvalue weighted by Gasteiger charge is -2.17. The van der Waals surface area contributed by atoms with E-state index in [1.807, 2.05) is 0 Å². The number of hydrogen-bond donors (Lipinski definition) is 2. The van der Waals surface area contributed by atoms with Crippen molar-refractivity contribution in [3.05, 3.63) is 39.9 Å². The average molecular weight is 211 g/mol. The standard InChI is InChI=1S/C9H9NO5/c1-9(13,8(11)12)6-2-4-7(5-3-6)10(14)15/h2-5,13H,1H3,(H,11,12). The van der Waals surface area contributed by atoms with Gasteiger partial charge in [-0.1, -0.05) is 0 Å². The summed E-state index contributed by atoms with van der Waals surface area (Å²) in [7, 11) is 0. The number of carbonyl (C=O) groups is 1. The van der Waals surface area contributed by atoms with Gasteiger partial charge in [-0.2, -0.15) is 0 Å². The summed E-state index contributed by atoms with van der Waals surface area (Å²) in [5.41, 5.74) is -2.09. The third kappa shape index (κ3) is 2.10. The number of nitro groups is 1. The van der Waals surface area contributed by atoms with Crippen LogP contribution in [-0.2, 0) is 10.4 Å². The van der Waals surface area contributed by atoms with Crippen LogP contribution in [0.2, 0.25) is 0 Å². The molecule has 2 N–H and O–H groups in total. The maximum absolute atomic E-state index is 10.7. The molecule has 0 aliphatic carbocycles. The molecule has 0 aromatic heterocycles. The fraction of sp³-hybridized carbons (Fsp3) is 0.222. The van der Waals surface area contributed by atoms with Crippen molar-refractivity contribution in [3.8, 4) is 0 Å². The van der Waals surface area contributed by atoms with E-state index in [0.717, 1.165) is 19.1 Å². The number of carboxylic acids is 1. The molecule has 0 heterocycles. The molecule has 0 aliphatic rings. The van der Waals surface area contributed by atoms with Gasteiger partial charge in [0.2, 0.25) is 0 Å². The fourth-order valence-corrected chi connectivity index (χ4v) is 1.03. The van der Waals surface area contributed by atoms with Crippen LogP contribution in [0.4, 0.5) is 5.69 Å². The summed E-state index contributed by atoms with van der Waals surface area (Å²) in [5, 5.41) is 28.5. The first kappa shape index (κ1) is 11.1. The number of carboxylic acid groups (broad SMARTS) is 1. The summed E-state index contributed by atoms with van der Waals surface area (Å²) in [5.74, 6) is -1.41. The molecule has 1 aromatic carbocycles. The Morgan fingerprint density at radius 2 is 1.87 bits per heavy atom. The van der Waals surface area contributed by atoms with E-state index in [4.69, 9.17) is 5.11 Å². The van der Waals surface area contributed by atoms with Crippen molar-refractivity contribution in [2.45, 2.75) is 12.5 Å². The van der Waals surface area contributed by atoms with Gasteiger partial charge in [-0.15, -0.1) is 0 Å². The van der Waals surface area contributed by atoms with Gasteiger partial charge in [0.05, 0.1) is 4.92 Å². The second-order valence-electron chi connectivity index (χ2n) is 3.18. The molecule has 80 valence electrons. The highest BCUT2D eigenvalue weighted by Gasteiger charge is 2.32.